The van der Waals surface area contributed by atoms with Crippen LogP contribution in [0.5, 0.6) is 0 Å². The van der Waals surface area contributed by atoms with Crippen LogP contribution in [0.1, 0.15) is 31.1 Å². The lowest BCUT2D eigenvalue weighted by atomic mass is 10.0. The lowest BCUT2D eigenvalue weighted by Crippen LogP contribution is -2.57. The van der Waals surface area contributed by atoms with Crippen molar-refractivity contribution in [3.05, 3.63) is 44.5 Å². The molecule has 1 aromatic heterocycles. The standard InChI is InChI=1S/C17H22N4O3/c1-4-20-14-6-5-12(9-13(14)19-15(22)17(20)24)16(23)21-8-7-18-10(2)11(21)3/h5-6,9-11,18H,4,7-8H2,1-3H3,(H,19,22). The fourth-order valence-corrected chi connectivity index (χ4v) is 3.24. The largest absolute Gasteiger partial charge is 0.333 e. The molecule has 128 valence electrons. The normalized spacial score (nSPS) is 21.2. The van der Waals surface area contributed by atoms with E-state index in [0.717, 1.165) is 6.54 Å². The van der Waals surface area contributed by atoms with E-state index >= 15 is 0 Å². The van der Waals surface area contributed by atoms with Gasteiger partial charge in [-0.1, -0.05) is 0 Å². The lowest BCUT2D eigenvalue weighted by molar-refractivity contribution is 0.0603. The minimum absolute atomic E-state index is 0.0622. The number of piperazine rings is 1. The highest BCUT2D eigenvalue weighted by molar-refractivity contribution is 5.97. The summed E-state index contributed by atoms with van der Waals surface area (Å²) in [6.45, 7) is 7.70. The van der Waals surface area contributed by atoms with Gasteiger partial charge in [0.1, 0.15) is 0 Å². The number of rotatable bonds is 2. The first-order valence-electron chi connectivity index (χ1n) is 8.25. The van der Waals surface area contributed by atoms with E-state index < -0.39 is 11.1 Å². The van der Waals surface area contributed by atoms with Crippen molar-refractivity contribution in [3.63, 3.8) is 0 Å². The molecular formula is C17H22N4O3. The molecule has 1 aromatic carbocycles. The molecule has 1 aliphatic rings. The molecule has 0 aliphatic carbocycles. The van der Waals surface area contributed by atoms with Gasteiger partial charge in [-0.15, -0.1) is 0 Å². The smallest absolute Gasteiger partial charge is 0.316 e. The molecule has 1 aliphatic heterocycles. The van der Waals surface area contributed by atoms with E-state index in [1.165, 1.54) is 4.57 Å². The molecule has 1 saturated heterocycles. The number of nitrogens with zero attached hydrogens (tertiary/aromatic N) is 2. The van der Waals surface area contributed by atoms with Gasteiger partial charge < -0.3 is 19.8 Å². The van der Waals surface area contributed by atoms with Gasteiger partial charge in [-0.2, -0.15) is 0 Å². The van der Waals surface area contributed by atoms with Crippen LogP contribution >= 0.6 is 0 Å². The van der Waals surface area contributed by atoms with Crippen LogP contribution in [0.3, 0.4) is 0 Å². The number of aryl methyl sites for hydroxylation is 1. The summed E-state index contributed by atoms with van der Waals surface area (Å²) >= 11 is 0. The molecule has 24 heavy (non-hydrogen) atoms. The van der Waals surface area contributed by atoms with Gasteiger partial charge in [0.25, 0.3) is 5.91 Å². The van der Waals surface area contributed by atoms with E-state index in [0.29, 0.717) is 29.7 Å². The summed E-state index contributed by atoms with van der Waals surface area (Å²) in [7, 11) is 0. The molecule has 1 fully saturated rings. The highest BCUT2D eigenvalue weighted by Gasteiger charge is 2.28. The van der Waals surface area contributed by atoms with Crippen LogP contribution in [0.15, 0.2) is 27.8 Å². The Hall–Kier alpha value is -2.41. The second-order valence-corrected chi connectivity index (χ2v) is 6.22. The Morgan fingerprint density at radius 3 is 2.75 bits per heavy atom. The first-order valence-corrected chi connectivity index (χ1v) is 8.25. The van der Waals surface area contributed by atoms with Crippen molar-refractivity contribution in [2.24, 2.45) is 0 Å². The molecule has 0 bridgehead atoms. The van der Waals surface area contributed by atoms with Crippen molar-refractivity contribution in [2.75, 3.05) is 13.1 Å². The highest BCUT2D eigenvalue weighted by Crippen LogP contribution is 2.17. The molecule has 2 unspecified atom stereocenters. The third-order valence-electron chi connectivity index (χ3n) is 4.83. The Bertz CT molecular complexity index is 899. The second-order valence-electron chi connectivity index (χ2n) is 6.22. The minimum Gasteiger partial charge on any atom is -0.333 e. The summed E-state index contributed by atoms with van der Waals surface area (Å²) in [5.74, 6) is -0.0622. The fourth-order valence-electron chi connectivity index (χ4n) is 3.24. The number of carbonyl (C=O) groups is 1. The Labute approximate surface area is 139 Å². The number of amides is 1. The number of hydrogen-bond acceptors (Lipinski definition) is 4. The van der Waals surface area contributed by atoms with Gasteiger partial charge >= 0.3 is 11.1 Å². The second kappa shape index (κ2) is 6.24. The maximum Gasteiger partial charge on any atom is 0.316 e. The molecule has 0 saturated carbocycles. The van der Waals surface area contributed by atoms with Gasteiger partial charge in [-0.05, 0) is 39.0 Å². The van der Waals surface area contributed by atoms with Crippen molar-refractivity contribution < 1.29 is 4.79 Å². The van der Waals surface area contributed by atoms with Crippen LogP contribution in [0.4, 0.5) is 0 Å². The predicted octanol–water partition coefficient (Wildman–Crippen LogP) is 0.532. The van der Waals surface area contributed by atoms with E-state index in [1.54, 1.807) is 18.2 Å². The van der Waals surface area contributed by atoms with Crippen LogP contribution in [-0.4, -0.2) is 45.5 Å². The summed E-state index contributed by atoms with van der Waals surface area (Å²) in [6.07, 6.45) is 0. The van der Waals surface area contributed by atoms with E-state index in [4.69, 9.17) is 0 Å². The zero-order valence-electron chi connectivity index (χ0n) is 14.1. The van der Waals surface area contributed by atoms with Gasteiger partial charge in [0.05, 0.1) is 11.0 Å². The molecule has 2 aromatic rings. The van der Waals surface area contributed by atoms with Crippen molar-refractivity contribution in [1.82, 2.24) is 19.8 Å². The Morgan fingerprint density at radius 1 is 1.29 bits per heavy atom. The number of carbonyl (C=O) groups excluding carboxylic acids is 1. The van der Waals surface area contributed by atoms with Gasteiger partial charge in [0.15, 0.2) is 0 Å². The number of fused-ring (bicyclic) bond motifs is 1. The topological polar surface area (TPSA) is 87.2 Å². The third kappa shape index (κ3) is 2.65. The summed E-state index contributed by atoms with van der Waals surface area (Å²) in [5.41, 5.74) is 0.399. The molecule has 0 radical (unpaired) electrons. The number of benzene rings is 1. The monoisotopic (exact) mass is 330 g/mol. The van der Waals surface area contributed by atoms with E-state index in [9.17, 15) is 14.4 Å². The van der Waals surface area contributed by atoms with Crippen molar-refractivity contribution in [2.45, 2.75) is 39.4 Å². The number of aromatic amines is 1. The van der Waals surface area contributed by atoms with Crippen LogP contribution in [0.2, 0.25) is 0 Å². The molecule has 0 spiro atoms. The zero-order chi connectivity index (χ0) is 17.4. The Balaban J connectivity index is 2.05. The SMILES string of the molecule is CCn1c(=O)c(=O)[nH]c2cc(C(=O)N3CCNC(C)C3C)ccc21. The predicted molar refractivity (Wildman–Crippen MR) is 92.5 cm³/mol. The van der Waals surface area contributed by atoms with Crippen molar-refractivity contribution in [1.29, 1.82) is 0 Å². The maximum absolute atomic E-state index is 12.8. The summed E-state index contributed by atoms with van der Waals surface area (Å²) in [6, 6.07) is 5.41. The van der Waals surface area contributed by atoms with Gasteiger partial charge in [-0.25, -0.2) is 0 Å². The molecule has 2 N–H and O–H groups in total. The van der Waals surface area contributed by atoms with Crippen LogP contribution < -0.4 is 16.4 Å². The number of hydrogen-bond donors (Lipinski definition) is 2. The van der Waals surface area contributed by atoms with Crippen molar-refractivity contribution >= 4 is 16.9 Å². The van der Waals surface area contributed by atoms with Gasteiger partial charge in [0.2, 0.25) is 0 Å². The molecule has 2 heterocycles. The minimum atomic E-state index is -0.668. The van der Waals surface area contributed by atoms with E-state index in [2.05, 4.69) is 17.2 Å². The van der Waals surface area contributed by atoms with E-state index in [1.807, 2.05) is 18.7 Å². The van der Waals surface area contributed by atoms with Crippen LogP contribution in [0.25, 0.3) is 11.0 Å². The maximum atomic E-state index is 12.8. The summed E-state index contributed by atoms with van der Waals surface area (Å²) < 4.78 is 1.41. The van der Waals surface area contributed by atoms with Crippen LogP contribution in [-0.2, 0) is 6.54 Å². The number of aromatic nitrogens is 2. The fraction of sp³-hybridized carbons (Fsp3) is 0.471. The molecule has 1 amide bonds. The highest BCUT2D eigenvalue weighted by atomic mass is 16.2. The zero-order valence-corrected chi connectivity index (χ0v) is 14.1. The molecular weight excluding hydrogens is 308 g/mol. The summed E-state index contributed by atoms with van der Waals surface area (Å²) in [4.78, 5) is 41.0. The molecule has 2 atom stereocenters. The Morgan fingerprint density at radius 2 is 2.04 bits per heavy atom. The van der Waals surface area contributed by atoms with E-state index in [-0.39, 0.29) is 18.0 Å². The average Bonchev–Trinajstić information content (AvgIpc) is 2.57. The average molecular weight is 330 g/mol. The first kappa shape index (κ1) is 16.4. The molecule has 3 rings (SSSR count). The van der Waals surface area contributed by atoms with Gasteiger partial charge in [-0.3, -0.25) is 14.4 Å². The van der Waals surface area contributed by atoms with Crippen molar-refractivity contribution in [3.8, 4) is 0 Å². The quantitative estimate of drug-likeness (QED) is 0.787. The Kier molecular flexibility index (Phi) is 4.28. The third-order valence-corrected chi connectivity index (χ3v) is 4.83. The number of H-pyrrole nitrogens is 1. The van der Waals surface area contributed by atoms with Crippen LogP contribution in [0, 0.1) is 0 Å². The van der Waals surface area contributed by atoms with Gasteiger partial charge in [0, 0.05) is 37.3 Å². The summed E-state index contributed by atoms with van der Waals surface area (Å²) in [5, 5.41) is 3.35. The lowest BCUT2D eigenvalue weighted by Gasteiger charge is -2.38. The first-order chi connectivity index (χ1) is 11.4. The molecule has 7 heteroatoms. The number of nitrogens with one attached hydrogen (secondary N) is 2. The molecule has 7 nitrogen and oxygen atoms in total.